The lowest BCUT2D eigenvalue weighted by molar-refractivity contribution is -0.384. The Hall–Kier alpha value is -3.61. The van der Waals surface area contributed by atoms with Crippen molar-refractivity contribution < 1.29 is 19.2 Å². The van der Waals surface area contributed by atoms with Gasteiger partial charge >= 0.3 is 5.97 Å². The smallest absolute Gasteiger partial charge is 0.359 e. The zero-order chi connectivity index (χ0) is 25.3. The Bertz CT molecular complexity index is 1550. The van der Waals surface area contributed by atoms with Gasteiger partial charge in [0.25, 0.3) is 17.2 Å². The maximum absolute atomic E-state index is 13.4. The van der Waals surface area contributed by atoms with Crippen molar-refractivity contribution in [2.75, 3.05) is 11.9 Å². The van der Waals surface area contributed by atoms with Gasteiger partial charge < -0.3 is 10.1 Å². The molecule has 2 aromatic heterocycles. The number of fused-ring (bicyclic) bond motifs is 1. The molecule has 0 unspecified atom stereocenters. The highest BCUT2D eigenvalue weighted by atomic mass is 79.9. The van der Waals surface area contributed by atoms with Crippen LogP contribution in [0, 0.1) is 10.1 Å². The fourth-order valence-electron chi connectivity index (χ4n) is 3.22. The van der Waals surface area contributed by atoms with Gasteiger partial charge in [0.15, 0.2) is 5.69 Å². The molecule has 13 heteroatoms. The largest absolute Gasteiger partial charge is 0.461 e. The van der Waals surface area contributed by atoms with Crippen LogP contribution in [0.3, 0.4) is 0 Å². The summed E-state index contributed by atoms with van der Waals surface area (Å²) in [5, 5.41) is 19.8. The Balaban J connectivity index is 1.85. The van der Waals surface area contributed by atoms with E-state index in [0.29, 0.717) is 5.69 Å². The van der Waals surface area contributed by atoms with Crippen molar-refractivity contribution in [2.45, 2.75) is 6.92 Å². The van der Waals surface area contributed by atoms with E-state index in [-0.39, 0.29) is 38.7 Å². The van der Waals surface area contributed by atoms with Crippen molar-refractivity contribution in [2.24, 2.45) is 0 Å². The molecule has 1 N–H and O–H groups in total. The zero-order valence-electron chi connectivity index (χ0n) is 17.8. The van der Waals surface area contributed by atoms with Crippen LogP contribution >= 0.6 is 38.9 Å². The second-order valence-corrected chi connectivity index (χ2v) is 9.20. The van der Waals surface area contributed by atoms with Crippen LogP contribution in [0.25, 0.3) is 16.5 Å². The molecule has 4 aromatic rings. The predicted octanol–water partition coefficient (Wildman–Crippen LogP) is 5.20. The summed E-state index contributed by atoms with van der Waals surface area (Å²) in [5.41, 5.74) is -0.739. The molecule has 0 aliphatic rings. The van der Waals surface area contributed by atoms with E-state index in [9.17, 15) is 24.5 Å². The number of rotatable bonds is 6. The van der Waals surface area contributed by atoms with Gasteiger partial charge in [0, 0.05) is 26.9 Å². The highest BCUT2D eigenvalue weighted by molar-refractivity contribution is 9.10. The van der Waals surface area contributed by atoms with Gasteiger partial charge in [0.05, 0.1) is 22.6 Å². The summed E-state index contributed by atoms with van der Waals surface area (Å²) < 4.78 is 6.94. The first-order valence-electron chi connectivity index (χ1n) is 9.94. The van der Waals surface area contributed by atoms with Crippen LogP contribution in [-0.2, 0) is 4.74 Å². The van der Waals surface area contributed by atoms with Crippen LogP contribution in [0.15, 0.2) is 57.1 Å². The van der Waals surface area contributed by atoms with E-state index in [0.717, 1.165) is 26.6 Å². The maximum atomic E-state index is 13.4. The molecule has 10 nitrogen and oxygen atoms in total. The molecule has 178 valence electrons. The Morgan fingerprint density at radius 3 is 2.63 bits per heavy atom. The predicted molar refractivity (Wildman–Crippen MR) is 135 cm³/mol. The third-order valence-corrected chi connectivity index (χ3v) is 6.57. The van der Waals surface area contributed by atoms with Gasteiger partial charge in [-0.2, -0.15) is 9.78 Å². The number of ether oxygens (including phenoxy) is 1. The molecule has 4 rings (SSSR count). The summed E-state index contributed by atoms with van der Waals surface area (Å²) >= 11 is 10.2. The summed E-state index contributed by atoms with van der Waals surface area (Å²) in [6.07, 6.45) is 0. The number of thiophene rings is 1. The normalized spacial score (nSPS) is 10.8. The topological polar surface area (TPSA) is 133 Å². The van der Waals surface area contributed by atoms with Gasteiger partial charge in [-0.1, -0.05) is 27.5 Å². The molecule has 2 aromatic carbocycles. The molecule has 0 atom stereocenters. The van der Waals surface area contributed by atoms with Gasteiger partial charge in [0.2, 0.25) is 0 Å². The quantitative estimate of drug-likeness (QED) is 0.189. The highest BCUT2D eigenvalue weighted by Gasteiger charge is 2.24. The van der Waals surface area contributed by atoms with E-state index in [1.54, 1.807) is 31.2 Å². The Morgan fingerprint density at radius 1 is 1.26 bits per heavy atom. The number of carbonyl (C=O) groups is 2. The van der Waals surface area contributed by atoms with Crippen molar-refractivity contribution >= 4 is 72.2 Å². The van der Waals surface area contributed by atoms with E-state index >= 15 is 0 Å². The lowest BCUT2D eigenvalue weighted by atomic mass is 10.2. The molecule has 1 amide bonds. The van der Waals surface area contributed by atoms with Gasteiger partial charge in [-0.25, -0.2) is 4.79 Å². The minimum absolute atomic E-state index is 0.0319. The summed E-state index contributed by atoms with van der Waals surface area (Å²) in [7, 11) is 0. The van der Waals surface area contributed by atoms with E-state index < -0.39 is 28.0 Å². The van der Waals surface area contributed by atoms with Crippen LogP contribution in [-0.4, -0.2) is 33.2 Å². The number of hydrogen-bond acceptors (Lipinski definition) is 8. The molecule has 0 aliphatic heterocycles. The van der Waals surface area contributed by atoms with E-state index in [2.05, 4.69) is 26.3 Å². The van der Waals surface area contributed by atoms with Crippen molar-refractivity contribution in [1.82, 2.24) is 9.78 Å². The standard InChI is InChI=1S/C22H14BrClN4O6S/c1-2-34-22(31)18-14-10-35-20(25-19(29)11-3-8-15(24)16(9-11)28(32)33)17(14)21(30)27(26-18)13-6-4-12(23)5-7-13/h3-10H,2H2,1H3,(H,25,29). The number of amides is 1. The summed E-state index contributed by atoms with van der Waals surface area (Å²) in [4.78, 5) is 49.4. The number of nitro groups is 1. The number of carbonyl (C=O) groups excluding carboxylic acids is 2. The van der Waals surface area contributed by atoms with Crippen molar-refractivity contribution in [3.8, 4) is 5.69 Å². The molecule has 0 aliphatic carbocycles. The van der Waals surface area contributed by atoms with Gasteiger partial charge in [-0.05, 0) is 43.3 Å². The van der Waals surface area contributed by atoms with Crippen molar-refractivity contribution in [1.29, 1.82) is 0 Å². The summed E-state index contributed by atoms with van der Waals surface area (Å²) in [6.45, 7) is 1.74. The van der Waals surface area contributed by atoms with Crippen LogP contribution in [0.4, 0.5) is 10.7 Å². The highest BCUT2D eigenvalue weighted by Crippen LogP contribution is 2.32. The number of nitrogens with zero attached hydrogens (tertiary/aromatic N) is 3. The first-order chi connectivity index (χ1) is 16.7. The molecule has 0 bridgehead atoms. The monoisotopic (exact) mass is 576 g/mol. The summed E-state index contributed by atoms with van der Waals surface area (Å²) in [6, 6.07) is 10.3. The van der Waals surface area contributed by atoms with Gasteiger partial charge in [0.1, 0.15) is 10.0 Å². The van der Waals surface area contributed by atoms with Crippen LogP contribution in [0.5, 0.6) is 0 Å². The molecule has 0 radical (unpaired) electrons. The lowest BCUT2D eigenvalue weighted by Gasteiger charge is -2.10. The molecule has 35 heavy (non-hydrogen) atoms. The molecule has 0 fully saturated rings. The third kappa shape index (κ3) is 4.81. The minimum Gasteiger partial charge on any atom is -0.461 e. The molecule has 2 heterocycles. The third-order valence-electron chi connectivity index (χ3n) is 4.82. The number of nitrogens with one attached hydrogen (secondary N) is 1. The Kier molecular flexibility index (Phi) is 6.96. The zero-order valence-corrected chi connectivity index (χ0v) is 20.9. The van der Waals surface area contributed by atoms with E-state index in [4.69, 9.17) is 16.3 Å². The lowest BCUT2D eigenvalue weighted by Crippen LogP contribution is -2.25. The maximum Gasteiger partial charge on any atom is 0.359 e. The molecule has 0 saturated carbocycles. The second-order valence-electron chi connectivity index (χ2n) is 6.99. The molecule has 0 saturated heterocycles. The number of esters is 1. The van der Waals surface area contributed by atoms with Crippen molar-refractivity contribution in [3.05, 3.63) is 89.1 Å². The Morgan fingerprint density at radius 2 is 1.97 bits per heavy atom. The minimum atomic E-state index is -0.729. The van der Waals surface area contributed by atoms with Gasteiger partial charge in [-0.3, -0.25) is 19.7 Å². The van der Waals surface area contributed by atoms with E-state index in [1.807, 2.05) is 0 Å². The average molecular weight is 578 g/mol. The van der Waals surface area contributed by atoms with Crippen LogP contribution < -0.4 is 10.9 Å². The number of aromatic nitrogens is 2. The van der Waals surface area contributed by atoms with Crippen LogP contribution in [0.2, 0.25) is 5.02 Å². The second kappa shape index (κ2) is 9.94. The summed E-state index contributed by atoms with van der Waals surface area (Å²) in [5.74, 6) is -1.43. The average Bonchev–Trinajstić information content (AvgIpc) is 3.24. The number of benzene rings is 2. The molecular weight excluding hydrogens is 564 g/mol. The Labute approximate surface area is 214 Å². The first-order valence-corrected chi connectivity index (χ1v) is 12.0. The number of nitro benzene ring substituents is 1. The van der Waals surface area contributed by atoms with Gasteiger partial charge in [-0.15, -0.1) is 11.3 Å². The number of halogens is 2. The SMILES string of the molecule is CCOC(=O)c1nn(-c2ccc(Br)cc2)c(=O)c2c(NC(=O)c3ccc(Cl)c([N+](=O)[O-])c3)scc12. The fraction of sp³-hybridized carbons (Fsp3) is 0.0909. The van der Waals surface area contributed by atoms with E-state index in [1.165, 1.54) is 17.5 Å². The first kappa shape index (κ1) is 24.5. The van der Waals surface area contributed by atoms with Crippen LogP contribution in [0.1, 0.15) is 27.8 Å². The number of hydrogen-bond donors (Lipinski definition) is 1. The van der Waals surface area contributed by atoms with Crippen molar-refractivity contribution in [3.63, 3.8) is 0 Å². The molecular formula is C22H14BrClN4O6S. The fourth-order valence-corrected chi connectivity index (χ4v) is 4.60. The number of anilines is 1. The molecule has 0 spiro atoms.